The first-order valence-electron chi connectivity index (χ1n) is 22.3. The van der Waals surface area contributed by atoms with E-state index in [1.807, 2.05) is 37.3 Å². The van der Waals surface area contributed by atoms with Crippen molar-refractivity contribution in [1.29, 1.82) is 0 Å². The second-order valence-electron chi connectivity index (χ2n) is 15.6. The van der Waals surface area contributed by atoms with E-state index in [0.717, 1.165) is 77.0 Å². The zero-order chi connectivity index (χ0) is 46.2. The van der Waals surface area contributed by atoms with Gasteiger partial charge in [0.15, 0.2) is 6.10 Å². The fourth-order valence-corrected chi connectivity index (χ4v) is 8.01. The molecule has 0 amide bonds. The van der Waals surface area contributed by atoms with Crippen molar-refractivity contribution in [1.82, 2.24) is 0 Å². The van der Waals surface area contributed by atoms with Gasteiger partial charge in [0.1, 0.15) is 43.2 Å². The van der Waals surface area contributed by atoms with Gasteiger partial charge in [-0.2, -0.15) is 0 Å². The lowest BCUT2D eigenvalue weighted by Crippen LogP contribution is -2.64. The van der Waals surface area contributed by atoms with Crippen LogP contribution in [0.2, 0.25) is 0 Å². The van der Waals surface area contributed by atoms with Gasteiger partial charge in [-0.3, -0.25) is 23.2 Å². The van der Waals surface area contributed by atoms with Gasteiger partial charge >= 0.3 is 27.6 Å². The summed E-state index contributed by atoms with van der Waals surface area (Å²) in [5, 5.41) is 51.0. The Morgan fingerprint density at radius 2 is 1.13 bits per heavy atom. The van der Waals surface area contributed by atoms with Gasteiger partial charge in [-0.05, 0) is 64.2 Å². The van der Waals surface area contributed by atoms with Crippen molar-refractivity contribution in [2.24, 2.45) is 0 Å². The third-order valence-electron chi connectivity index (χ3n) is 9.97. The molecule has 19 heteroatoms. The highest BCUT2D eigenvalue weighted by Gasteiger charge is 2.54. The van der Waals surface area contributed by atoms with Crippen LogP contribution in [0.5, 0.6) is 0 Å². The van der Waals surface area contributed by atoms with Crippen LogP contribution in [-0.4, -0.2) is 114 Å². The predicted octanol–water partition coefficient (Wildman–Crippen LogP) is 6.70. The maximum absolute atomic E-state index is 13.0. The summed E-state index contributed by atoms with van der Waals surface area (Å²) in [6, 6.07) is 0. The van der Waals surface area contributed by atoms with Gasteiger partial charge in [-0.15, -0.1) is 0 Å². The van der Waals surface area contributed by atoms with E-state index in [0.29, 0.717) is 19.3 Å². The Morgan fingerprint density at radius 3 is 1.71 bits per heavy atom. The molecule has 17 nitrogen and oxygen atoms in total. The van der Waals surface area contributed by atoms with Gasteiger partial charge in [0, 0.05) is 12.8 Å². The number of hydrogen-bond acceptors (Lipinski definition) is 14. The topological polar surface area (TPSA) is 276 Å². The fraction of sp³-hybridized carbons (Fsp3) is 0.767. The predicted molar refractivity (Wildman–Crippen MR) is 233 cm³/mol. The highest BCUT2D eigenvalue weighted by molar-refractivity contribution is 7.47. The Balaban J connectivity index is 2.66. The van der Waals surface area contributed by atoms with Crippen molar-refractivity contribution >= 4 is 27.6 Å². The van der Waals surface area contributed by atoms with Crippen molar-refractivity contribution in [3.63, 3.8) is 0 Å². The standard InChI is InChI=1S/C43H76O17P2/c1-3-5-7-8-9-10-11-12-13-16-20-23-27-31-37(46)58-35(32-56-36(45)30-26-22-19-17-14-15-18-21-25-29-34(44)28-24-6-4-2)33-57-62(54,55)60-43-40(49)38(47)39(48)42(41(43)50)59-61(51,52)53/h6,10-11,18,21,24-25,29,34-35,38-44,47-50H,3-5,7-9,12-17,19-20,22-23,26-28,30-33H2,1-2H3,(H,54,55)(H2,51,52,53)/b11-10-,21-18+,24-6+,29-25+/t34?,35-,38?,39?,40?,41?,42-,43+/m1/s1. The maximum Gasteiger partial charge on any atom is 0.472 e. The molecule has 0 saturated heterocycles. The van der Waals surface area contributed by atoms with Crippen LogP contribution in [0.3, 0.4) is 0 Å². The van der Waals surface area contributed by atoms with Crippen LogP contribution in [0.4, 0.5) is 0 Å². The van der Waals surface area contributed by atoms with E-state index in [4.69, 9.17) is 28.3 Å². The van der Waals surface area contributed by atoms with E-state index in [1.165, 1.54) is 25.7 Å². The van der Waals surface area contributed by atoms with Crippen LogP contribution >= 0.6 is 15.6 Å². The summed E-state index contributed by atoms with van der Waals surface area (Å²) in [6.45, 7) is 2.83. The van der Waals surface area contributed by atoms with Crippen molar-refractivity contribution in [2.45, 2.75) is 198 Å². The quantitative estimate of drug-likeness (QED) is 0.0107. The normalized spacial score (nSPS) is 23.1. The Bertz CT molecular complexity index is 1420. The van der Waals surface area contributed by atoms with Gasteiger partial charge in [-0.1, -0.05) is 120 Å². The molecule has 0 spiro atoms. The summed E-state index contributed by atoms with van der Waals surface area (Å²) >= 11 is 0. The van der Waals surface area contributed by atoms with E-state index >= 15 is 0 Å². The van der Waals surface area contributed by atoms with Gasteiger partial charge in [0.05, 0.1) is 12.7 Å². The largest absolute Gasteiger partial charge is 0.472 e. The maximum atomic E-state index is 13.0. The molecule has 0 aliphatic heterocycles. The first kappa shape index (κ1) is 57.9. The first-order valence-corrected chi connectivity index (χ1v) is 25.3. The number of rotatable bonds is 36. The van der Waals surface area contributed by atoms with Crippen LogP contribution in [0.25, 0.3) is 0 Å². The molecule has 0 aromatic rings. The third-order valence-corrected chi connectivity index (χ3v) is 11.5. The number of carbonyl (C=O) groups is 2. The van der Waals surface area contributed by atoms with E-state index in [9.17, 15) is 49.1 Å². The number of aliphatic hydroxyl groups is 5. The van der Waals surface area contributed by atoms with Crippen LogP contribution in [0.15, 0.2) is 48.6 Å². The summed E-state index contributed by atoms with van der Waals surface area (Å²) in [5.41, 5.74) is 0. The van der Waals surface area contributed by atoms with E-state index in [1.54, 1.807) is 6.08 Å². The number of aliphatic hydroxyl groups excluding tert-OH is 5. The molecule has 62 heavy (non-hydrogen) atoms. The second-order valence-corrected chi connectivity index (χ2v) is 18.2. The summed E-state index contributed by atoms with van der Waals surface area (Å²) < 4.78 is 49.2. The Hall–Kier alpha value is -2.08. The Labute approximate surface area is 368 Å². The number of phosphoric ester groups is 2. The molecular formula is C43H76O17P2. The van der Waals surface area contributed by atoms with Crippen molar-refractivity contribution in [3.8, 4) is 0 Å². The monoisotopic (exact) mass is 926 g/mol. The van der Waals surface area contributed by atoms with Crippen molar-refractivity contribution < 1.29 is 82.0 Å². The van der Waals surface area contributed by atoms with Crippen LogP contribution in [0, 0.1) is 0 Å². The van der Waals surface area contributed by atoms with Gasteiger partial charge in [-0.25, -0.2) is 9.13 Å². The van der Waals surface area contributed by atoms with Gasteiger partial charge in [0.25, 0.3) is 0 Å². The lowest BCUT2D eigenvalue weighted by molar-refractivity contribution is -0.216. The highest BCUT2D eigenvalue weighted by atomic mass is 31.2. The zero-order valence-electron chi connectivity index (χ0n) is 36.6. The average molecular weight is 927 g/mol. The summed E-state index contributed by atoms with van der Waals surface area (Å²) in [4.78, 5) is 54.1. The van der Waals surface area contributed by atoms with E-state index in [2.05, 4.69) is 23.6 Å². The van der Waals surface area contributed by atoms with Gasteiger partial charge < -0.3 is 49.7 Å². The van der Waals surface area contributed by atoms with Crippen molar-refractivity contribution in [3.05, 3.63) is 48.6 Å². The number of hydrogen-bond donors (Lipinski definition) is 8. The molecule has 1 aliphatic carbocycles. The van der Waals surface area contributed by atoms with E-state index in [-0.39, 0.29) is 12.8 Å². The second kappa shape index (κ2) is 34.3. The zero-order valence-corrected chi connectivity index (χ0v) is 38.4. The van der Waals surface area contributed by atoms with Crippen LogP contribution < -0.4 is 0 Å². The molecule has 360 valence electrons. The lowest BCUT2D eigenvalue weighted by atomic mass is 9.85. The molecule has 1 saturated carbocycles. The third kappa shape index (κ3) is 28.7. The molecular weight excluding hydrogens is 850 g/mol. The number of esters is 2. The molecule has 1 rings (SSSR count). The number of phosphoric acid groups is 2. The molecule has 0 radical (unpaired) electrons. The number of allylic oxidation sites excluding steroid dienone is 6. The smallest absolute Gasteiger partial charge is 0.462 e. The summed E-state index contributed by atoms with van der Waals surface area (Å²) in [5.74, 6) is -1.27. The summed E-state index contributed by atoms with van der Waals surface area (Å²) in [7, 11) is -10.7. The molecule has 0 aromatic carbocycles. The van der Waals surface area contributed by atoms with Crippen LogP contribution in [-0.2, 0) is 41.8 Å². The lowest BCUT2D eigenvalue weighted by Gasteiger charge is -2.43. The minimum Gasteiger partial charge on any atom is -0.462 e. The average Bonchev–Trinajstić information content (AvgIpc) is 3.22. The molecule has 9 atom stereocenters. The molecule has 0 aromatic heterocycles. The fourth-order valence-electron chi connectivity index (χ4n) is 6.47. The molecule has 1 fully saturated rings. The summed E-state index contributed by atoms with van der Waals surface area (Å²) in [6.07, 6.45) is 18.4. The minimum absolute atomic E-state index is 0.0174. The number of unbranched alkanes of at least 4 members (excludes halogenated alkanes) is 14. The van der Waals surface area contributed by atoms with E-state index < -0.39 is 89.6 Å². The molecule has 6 unspecified atom stereocenters. The molecule has 0 heterocycles. The van der Waals surface area contributed by atoms with Crippen molar-refractivity contribution in [2.75, 3.05) is 13.2 Å². The first-order chi connectivity index (χ1) is 29.5. The Morgan fingerprint density at radius 1 is 0.597 bits per heavy atom. The number of carbonyl (C=O) groups excluding carboxylic acids is 2. The molecule has 1 aliphatic rings. The SMILES string of the molecule is CC/C=C/CC(O)/C=C/C=C/CCCCCCCC(=O)OC[C@H](COP(=O)(O)O[C@H]1C(O)C(O)C(O)[C@@H](OP(=O)(O)O)C1O)OC(=O)CCCCCCC/C=C\CCCCCC. The minimum atomic E-state index is -5.37. The van der Waals surface area contributed by atoms with Gasteiger partial charge in [0.2, 0.25) is 0 Å². The molecule has 8 N–H and O–H groups in total. The number of ether oxygens (including phenoxy) is 2. The molecule has 0 bridgehead atoms. The highest BCUT2D eigenvalue weighted by Crippen LogP contribution is 2.49. The van der Waals surface area contributed by atoms with Crippen LogP contribution in [0.1, 0.15) is 149 Å². The Kier molecular flexibility index (Phi) is 32.0.